The summed E-state index contributed by atoms with van der Waals surface area (Å²) in [5.74, 6) is 0.359. The lowest BCUT2D eigenvalue weighted by Crippen LogP contribution is -2.31. The molecule has 2 aromatic rings. The number of hydrogen-bond donors (Lipinski definition) is 0. The van der Waals surface area contributed by atoms with E-state index in [9.17, 15) is 13.6 Å². The maximum Gasteiger partial charge on any atom is 0.246 e. The van der Waals surface area contributed by atoms with Gasteiger partial charge in [-0.05, 0) is 42.8 Å². The molecule has 1 atom stereocenters. The van der Waals surface area contributed by atoms with Crippen molar-refractivity contribution in [3.05, 3.63) is 65.6 Å². The van der Waals surface area contributed by atoms with E-state index in [0.29, 0.717) is 36.6 Å². The first-order valence-corrected chi connectivity index (χ1v) is 8.75. The number of carbonyl (C=O) groups is 1. The van der Waals surface area contributed by atoms with Gasteiger partial charge >= 0.3 is 0 Å². The van der Waals surface area contributed by atoms with E-state index in [-0.39, 0.29) is 11.2 Å². The Kier molecular flexibility index (Phi) is 5.35. The molecule has 1 aromatic heterocycles. The van der Waals surface area contributed by atoms with Crippen LogP contribution in [0.3, 0.4) is 0 Å². The molecule has 3 nitrogen and oxygen atoms in total. The molecule has 1 saturated heterocycles. The highest BCUT2D eigenvalue weighted by Gasteiger charge is 2.23. The van der Waals surface area contributed by atoms with Gasteiger partial charge in [-0.1, -0.05) is 0 Å². The van der Waals surface area contributed by atoms with Crippen LogP contribution in [0.25, 0.3) is 6.08 Å². The summed E-state index contributed by atoms with van der Waals surface area (Å²) < 4.78 is 32.5. The number of furan rings is 1. The fourth-order valence-electron chi connectivity index (χ4n) is 2.65. The summed E-state index contributed by atoms with van der Waals surface area (Å²) in [6, 6.07) is 7.05. The lowest BCUT2D eigenvalue weighted by Gasteiger charge is -2.18. The summed E-state index contributed by atoms with van der Waals surface area (Å²) in [6.07, 6.45) is 5.24. The van der Waals surface area contributed by atoms with Gasteiger partial charge in [-0.2, -0.15) is 11.8 Å². The molecule has 126 valence electrons. The fourth-order valence-corrected chi connectivity index (χ4v) is 3.89. The minimum absolute atomic E-state index is 0.104. The molecule has 2 heterocycles. The Hall–Kier alpha value is -2.08. The van der Waals surface area contributed by atoms with Gasteiger partial charge in [0.2, 0.25) is 5.91 Å². The normalized spacial score (nSPS) is 18.8. The summed E-state index contributed by atoms with van der Waals surface area (Å²) in [6.45, 7) is 1.09. The Labute approximate surface area is 143 Å². The van der Waals surface area contributed by atoms with Crippen molar-refractivity contribution in [1.82, 2.24) is 4.90 Å². The third kappa shape index (κ3) is 4.06. The van der Waals surface area contributed by atoms with Gasteiger partial charge in [-0.25, -0.2) is 8.78 Å². The Morgan fingerprint density at radius 2 is 2.17 bits per heavy atom. The minimum atomic E-state index is -0.439. The zero-order chi connectivity index (χ0) is 16.9. The molecule has 3 rings (SSSR count). The minimum Gasteiger partial charge on any atom is -0.465 e. The van der Waals surface area contributed by atoms with Gasteiger partial charge in [0.1, 0.15) is 17.4 Å². The summed E-state index contributed by atoms with van der Waals surface area (Å²) in [5, 5.41) is -0.146. The van der Waals surface area contributed by atoms with Crippen LogP contribution in [-0.4, -0.2) is 29.6 Å². The Morgan fingerprint density at radius 3 is 2.96 bits per heavy atom. The van der Waals surface area contributed by atoms with E-state index in [4.69, 9.17) is 4.42 Å². The predicted molar refractivity (Wildman–Crippen MR) is 90.5 cm³/mol. The number of amides is 1. The molecule has 1 aromatic carbocycles. The van der Waals surface area contributed by atoms with Crippen molar-refractivity contribution in [3.63, 3.8) is 0 Å². The monoisotopic (exact) mass is 349 g/mol. The SMILES string of the molecule is O=C(/C=C/c1ccco1)N1CCSC(c2cc(F)ccc2F)CC1. The van der Waals surface area contributed by atoms with Gasteiger partial charge in [0.05, 0.1) is 6.26 Å². The van der Waals surface area contributed by atoms with E-state index in [1.165, 1.54) is 12.1 Å². The standard InChI is InChI=1S/C18H17F2NO2S/c19-13-3-5-16(20)15(12-13)17-7-8-21(9-11-24-17)18(22)6-4-14-2-1-10-23-14/h1-6,10,12,17H,7-9,11H2/b6-4+. The van der Waals surface area contributed by atoms with Crippen molar-refractivity contribution >= 4 is 23.7 Å². The van der Waals surface area contributed by atoms with E-state index in [0.717, 1.165) is 12.1 Å². The molecule has 0 saturated carbocycles. The second-order valence-electron chi connectivity index (χ2n) is 5.49. The van der Waals surface area contributed by atoms with Crippen molar-refractivity contribution in [2.45, 2.75) is 11.7 Å². The smallest absolute Gasteiger partial charge is 0.246 e. The third-order valence-electron chi connectivity index (χ3n) is 3.89. The topological polar surface area (TPSA) is 33.5 Å². The van der Waals surface area contributed by atoms with Crippen molar-refractivity contribution in [3.8, 4) is 0 Å². The average Bonchev–Trinajstić information content (AvgIpc) is 2.98. The molecule has 1 fully saturated rings. The van der Waals surface area contributed by atoms with E-state index in [1.54, 1.807) is 41.1 Å². The molecule has 1 amide bonds. The van der Waals surface area contributed by atoms with Crippen molar-refractivity contribution in [1.29, 1.82) is 0 Å². The maximum atomic E-state index is 13.9. The number of thioether (sulfide) groups is 1. The van der Waals surface area contributed by atoms with Crippen LogP contribution in [0.15, 0.2) is 47.1 Å². The second-order valence-corrected chi connectivity index (χ2v) is 6.80. The lowest BCUT2D eigenvalue weighted by molar-refractivity contribution is -0.125. The largest absolute Gasteiger partial charge is 0.465 e. The Bertz CT molecular complexity index is 731. The molecular formula is C18H17F2NO2S. The molecule has 6 heteroatoms. The zero-order valence-corrected chi connectivity index (χ0v) is 13.8. The number of nitrogens with zero attached hydrogens (tertiary/aromatic N) is 1. The van der Waals surface area contributed by atoms with Gasteiger partial charge in [0.15, 0.2) is 0 Å². The summed E-state index contributed by atoms with van der Waals surface area (Å²) in [7, 11) is 0. The predicted octanol–water partition coefficient (Wildman–Crippen LogP) is 4.28. The second kappa shape index (κ2) is 7.66. The number of rotatable bonds is 3. The van der Waals surface area contributed by atoms with Gasteiger partial charge in [-0.3, -0.25) is 4.79 Å². The molecule has 24 heavy (non-hydrogen) atoms. The van der Waals surface area contributed by atoms with Crippen LogP contribution in [0.1, 0.15) is 23.0 Å². The first kappa shape index (κ1) is 16.8. The first-order valence-electron chi connectivity index (χ1n) is 7.70. The summed E-state index contributed by atoms with van der Waals surface area (Å²) >= 11 is 1.55. The van der Waals surface area contributed by atoms with Gasteiger partial charge in [-0.15, -0.1) is 0 Å². The number of benzene rings is 1. The highest BCUT2D eigenvalue weighted by atomic mass is 32.2. The quantitative estimate of drug-likeness (QED) is 0.776. The van der Waals surface area contributed by atoms with Crippen molar-refractivity contribution < 1.29 is 18.0 Å². The number of carbonyl (C=O) groups excluding carboxylic acids is 1. The fraction of sp³-hybridized carbons (Fsp3) is 0.278. The summed E-state index contributed by atoms with van der Waals surface area (Å²) in [4.78, 5) is 14.0. The zero-order valence-electron chi connectivity index (χ0n) is 13.0. The van der Waals surface area contributed by atoms with Crippen LogP contribution < -0.4 is 0 Å². The van der Waals surface area contributed by atoms with E-state index >= 15 is 0 Å². The number of halogens is 2. The van der Waals surface area contributed by atoms with Crippen molar-refractivity contribution in [2.24, 2.45) is 0 Å². The molecule has 0 aliphatic carbocycles. The molecule has 1 aliphatic rings. The van der Waals surface area contributed by atoms with Crippen LogP contribution in [-0.2, 0) is 4.79 Å². The molecule has 1 aliphatic heterocycles. The molecular weight excluding hydrogens is 332 g/mol. The molecule has 1 unspecified atom stereocenters. The molecule has 0 bridgehead atoms. The lowest BCUT2D eigenvalue weighted by atomic mass is 10.1. The van der Waals surface area contributed by atoms with E-state index < -0.39 is 11.6 Å². The van der Waals surface area contributed by atoms with E-state index in [2.05, 4.69) is 0 Å². The molecule has 0 spiro atoms. The van der Waals surface area contributed by atoms with Crippen LogP contribution in [0.4, 0.5) is 8.78 Å². The summed E-state index contributed by atoms with van der Waals surface area (Å²) in [5.41, 5.74) is 0.375. The highest BCUT2D eigenvalue weighted by Crippen LogP contribution is 2.36. The van der Waals surface area contributed by atoms with Gasteiger partial charge in [0, 0.05) is 35.7 Å². The van der Waals surface area contributed by atoms with Crippen LogP contribution >= 0.6 is 11.8 Å². The average molecular weight is 349 g/mol. The first-order chi connectivity index (χ1) is 11.6. The van der Waals surface area contributed by atoms with Gasteiger partial charge in [0.25, 0.3) is 0 Å². The molecule has 0 radical (unpaired) electrons. The Balaban J connectivity index is 1.64. The molecule has 0 N–H and O–H groups in total. The van der Waals surface area contributed by atoms with Crippen LogP contribution in [0, 0.1) is 11.6 Å². The Morgan fingerprint density at radius 1 is 1.29 bits per heavy atom. The van der Waals surface area contributed by atoms with Gasteiger partial charge < -0.3 is 9.32 Å². The maximum absolute atomic E-state index is 13.9. The highest BCUT2D eigenvalue weighted by molar-refractivity contribution is 7.99. The number of hydrogen-bond acceptors (Lipinski definition) is 3. The van der Waals surface area contributed by atoms with Crippen LogP contribution in [0.2, 0.25) is 0 Å². The van der Waals surface area contributed by atoms with E-state index in [1.807, 2.05) is 0 Å². The third-order valence-corrected chi connectivity index (χ3v) is 5.20. The van der Waals surface area contributed by atoms with Crippen LogP contribution in [0.5, 0.6) is 0 Å². The van der Waals surface area contributed by atoms with Crippen molar-refractivity contribution in [2.75, 3.05) is 18.8 Å².